The van der Waals surface area contributed by atoms with E-state index in [1.807, 2.05) is 18.4 Å². The van der Waals surface area contributed by atoms with Gasteiger partial charge in [0.05, 0.1) is 5.25 Å². The molecule has 0 fully saturated rings. The fourth-order valence-corrected chi connectivity index (χ4v) is 3.57. The molecule has 0 bridgehead atoms. The normalized spacial score (nSPS) is 12.6. The van der Waals surface area contributed by atoms with Gasteiger partial charge in [-0.1, -0.05) is 30.0 Å². The van der Waals surface area contributed by atoms with Gasteiger partial charge in [0.1, 0.15) is 5.82 Å². The van der Waals surface area contributed by atoms with E-state index in [4.69, 9.17) is 5.73 Å². The molecule has 0 aliphatic rings. The van der Waals surface area contributed by atoms with Crippen molar-refractivity contribution in [1.82, 2.24) is 4.98 Å². The molecule has 2 nitrogen and oxygen atoms in total. The van der Waals surface area contributed by atoms with Gasteiger partial charge < -0.3 is 5.73 Å². The minimum Gasteiger partial charge on any atom is -0.329 e. The lowest BCUT2D eigenvalue weighted by molar-refractivity contribution is 0.608. The maximum atomic E-state index is 13.6. The predicted octanol–water partition coefficient (Wildman–Crippen LogP) is 3.38. The smallest absolute Gasteiger partial charge is 0.150 e. The van der Waals surface area contributed by atoms with Crippen LogP contribution in [0.25, 0.3) is 0 Å². The van der Waals surface area contributed by atoms with E-state index in [1.165, 1.54) is 17.8 Å². The van der Waals surface area contributed by atoms with Crippen molar-refractivity contribution in [2.45, 2.75) is 16.5 Å². The predicted molar refractivity (Wildman–Crippen MR) is 70.9 cm³/mol. The molecule has 1 atom stereocenters. The number of aryl methyl sites for hydroxylation is 1. The number of halogens is 1. The van der Waals surface area contributed by atoms with Gasteiger partial charge >= 0.3 is 0 Å². The molecule has 2 N–H and O–H groups in total. The summed E-state index contributed by atoms with van der Waals surface area (Å²) in [4.78, 5) is 4.36. The van der Waals surface area contributed by atoms with Crippen LogP contribution in [0.2, 0.25) is 0 Å². The van der Waals surface area contributed by atoms with Gasteiger partial charge in [-0.25, -0.2) is 9.37 Å². The minimum absolute atomic E-state index is 0.0817. The van der Waals surface area contributed by atoms with Gasteiger partial charge in [0, 0.05) is 23.2 Å². The number of hydrogen-bond acceptors (Lipinski definition) is 4. The molecule has 5 heteroatoms. The van der Waals surface area contributed by atoms with Gasteiger partial charge in [0.2, 0.25) is 0 Å². The molecule has 1 aromatic heterocycles. The molecule has 1 unspecified atom stereocenters. The molecule has 2 aromatic rings. The van der Waals surface area contributed by atoms with Crippen molar-refractivity contribution in [2.75, 3.05) is 6.54 Å². The second-order valence-electron chi connectivity index (χ2n) is 3.62. The van der Waals surface area contributed by atoms with Gasteiger partial charge in [0.15, 0.2) is 4.34 Å². The van der Waals surface area contributed by atoms with Crippen molar-refractivity contribution in [1.29, 1.82) is 0 Å². The van der Waals surface area contributed by atoms with Crippen LogP contribution in [0.4, 0.5) is 4.39 Å². The van der Waals surface area contributed by atoms with Crippen LogP contribution in [-0.2, 0) is 0 Å². The van der Waals surface area contributed by atoms with Gasteiger partial charge in [0.25, 0.3) is 0 Å². The average Bonchev–Trinajstić information content (AvgIpc) is 2.73. The number of thioether (sulfide) groups is 1. The minimum atomic E-state index is -0.205. The molecule has 0 saturated heterocycles. The van der Waals surface area contributed by atoms with Crippen molar-refractivity contribution in [2.24, 2.45) is 5.73 Å². The molecule has 2 rings (SSSR count). The highest BCUT2D eigenvalue weighted by molar-refractivity contribution is 8.01. The van der Waals surface area contributed by atoms with Crippen molar-refractivity contribution >= 4 is 23.1 Å². The summed E-state index contributed by atoms with van der Waals surface area (Å²) >= 11 is 3.09. The van der Waals surface area contributed by atoms with Gasteiger partial charge in [-0.2, -0.15) is 0 Å². The summed E-state index contributed by atoms with van der Waals surface area (Å²) in [5.74, 6) is -0.205. The van der Waals surface area contributed by atoms with Crippen molar-refractivity contribution in [3.05, 3.63) is 46.7 Å². The van der Waals surface area contributed by atoms with E-state index in [2.05, 4.69) is 4.98 Å². The molecule has 0 aliphatic carbocycles. The van der Waals surface area contributed by atoms with E-state index >= 15 is 0 Å². The largest absolute Gasteiger partial charge is 0.329 e. The van der Waals surface area contributed by atoms with E-state index in [9.17, 15) is 4.39 Å². The second-order valence-corrected chi connectivity index (χ2v) is 5.93. The Hall–Kier alpha value is -0.910. The van der Waals surface area contributed by atoms with Crippen LogP contribution in [0.1, 0.15) is 16.5 Å². The molecule has 17 heavy (non-hydrogen) atoms. The third-order valence-electron chi connectivity index (χ3n) is 2.31. The number of benzene rings is 1. The summed E-state index contributed by atoms with van der Waals surface area (Å²) in [5, 5.41) is 1.90. The Balaban J connectivity index is 2.20. The average molecular weight is 268 g/mol. The van der Waals surface area contributed by atoms with Crippen LogP contribution in [0.15, 0.2) is 34.0 Å². The van der Waals surface area contributed by atoms with Crippen molar-refractivity contribution in [3.8, 4) is 0 Å². The fourth-order valence-electron chi connectivity index (χ4n) is 1.48. The first kappa shape index (κ1) is 12.5. The molecule has 0 aliphatic heterocycles. The lowest BCUT2D eigenvalue weighted by Crippen LogP contribution is -2.10. The van der Waals surface area contributed by atoms with Crippen LogP contribution in [0.3, 0.4) is 0 Å². The summed E-state index contributed by atoms with van der Waals surface area (Å²) in [6.07, 6.45) is 0. The Bertz CT molecular complexity index is 499. The molecule has 0 amide bonds. The first-order chi connectivity index (χ1) is 8.20. The number of aromatic nitrogens is 1. The van der Waals surface area contributed by atoms with Crippen LogP contribution in [0, 0.1) is 12.7 Å². The molecular weight excluding hydrogens is 255 g/mol. The highest BCUT2D eigenvalue weighted by Crippen LogP contribution is 2.36. The third-order valence-corrected chi connectivity index (χ3v) is 4.66. The number of hydrogen-bond donors (Lipinski definition) is 1. The summed E-state index contributed by atoms with van der Waals surface area (Å²) in [5.41, 5.74) is 7.35. The van der Waals surface area contributed by atoms with Crippen molar-refractivity contribution in [3.63, 3.8) is 0 Å². The second kappa shape index (κ2) is 5.62. The molecule has 0 saturated carbocycles. The fraction of sp³-hybridized carbons (Fsp3) is 0.250. The Morgan fingerprint density at radius 3 is 2.82 bits per heavy atom. The molecule has 1 heterocycles. The molecule has 1 aromatic carbocycles. The summed E-state index contributed by atoms with van der Waals surface area (Å²) in [6, 6.07) is 6.76. The van der Waals surface area contributed by atoms with Gasteiger partial charge in [-0.3, -0.25) is 0 Å². The Morgan fingerprint density at radius 2 is 2.24 bits per heavy atom. The maximum absolute atomic E-state index is 13.6. The quantitative estimate of drug-likeness (QED) is 0.864. The number of nitrogens with zero attached hydrogens (tertiary/aromatic N) is 1. The zero-order valence-corrected chi connectivity index (χ0v) is 11.0. The van der Waals surface area contributed by atoms with Crippen molar-refractivity contribution < 1.29 is 4.39 Å². The SMILES string of the molecule is Cc1csc(SC(CN)c2ccccc2F)n1. The van der Waals surface area contributed by atoms with Gasteiger partial charge in [-0.15, -0.1) is 11.3 Å². The maximum Gasteiger partial charge on any atom is 0.150 e. The zero-order valence-electron chi connectivity index (χ0n) is 9.39. The summed E-state index contributed by atoms with van der Waals surface area (Å²) < 4.78 is 14.6. The first-order valence-corrected chi connectivity index (χ1v) is 7.00. The van der Waals surface area contributed by atoms with Gasteiger partial charge in [-0.05, 0) is 13.0 Å². The lowest BCUT2D eigenvalue weighted by Gasteiger charge is -2.13. The standard InChI is InChI=1S/C12H13FN2S2/c1-8-7-16-12(15-8)17-11(6-14)9-4-2-3-5-10(9)13/h2-5,7,11H,6,14H2,1H3. The highest BCUT2D eigenvalue weighted by Gasteiger charge is 2.16. The molecular formula is C12H13FN2S2. The third kappa shape index (κ3) is 3.06. The van der Waals surface area contributed by atoms with E-state index < -0.39 is 0 Å². The Morgan fingerprint density at radius 1 is 1.47 bits per heavy atom. The first-order valence-electron chi connectivity index (χ1n) is 5.24. The number of thiazole rings is 1. The number of nitrogens with two attached hydrogens (primary N) is 1. The van der Waals surface area contributed by atoms with E-state index in [0.29, 0.717) is 12.1 Å². The van der Waals surface area contributed by atoms with E-state index in [0.717, 1.165) is 10.0 Å². The molecule has 0 spiro atoms. The van der Waals surface area contributed by atoms with Crippen LogP contribution in [0.5, 0.6) is 0 Å². The monoisotopic (exact) mass is 268 g/mol. The Labute approximate surface area is 108 Å². The van der Waals surface area contributed by atoms with Crippen LogP contribution < -0.4 is 5.73 Å². The summed E-state index contributed by atoms with van der Waals surface area (Å²) in [6.45, 7) is 2.34. The van der Waals surface area contributed by atoms with Crippen LogP contribution in [-0.4, -0.2) is 11.5 Å². The molecule has 0 radical (unpaired) electrons. The van der Waals surface area contributed by atoms with Crippen LogP contribution >= 0.6 is 23.1 Å². The number of rotatable bonds is 4. The lowest BCUT2D eigenvalue weighted by atomic mass is 10.1. The van der Waals surface area contributed by atoms with E-state index in [1.54, 1.807) is 23.5 Å². The Kier molecular flexibility index (Phi) is 4.15. The molecule has 90 valence electrons. The zero-order chi connectivity index (χ0) is 12.3. The highest BCUT2D eigenvalue weighted by atomic mass is 32.2. The topological polar surface area (TPSA) is 38.9 Å². The van der Waals surface area contributed by atoms with E-state index in [-0.39, 0.29) is 11.1 Å². The summed E-state index contributed by atoms with van der Waals surface area (Å²) in [7, 11) is 0.